The molecular weight excluding hydrogens is 498 g/mol. The third kappa shape index (κ3) is 7.51. The van der Waals surface area contributed by atoms with Crippen molar-refractivity contribution in [2.24, 2.45) is 0 Å². The molecule has 1 N–H and O–H groups in total. The highest BCUT2D eigenvalue weighted by Gasteiger charge is 2.11. The van der Waals surface area contributed by atoms with Crippen molar-refractivity contribution in [2.45, 2.75) is 52.0 Å². The van der Waals surface area contributed by atoms with Crippen molar-refractivity contribution in [3.8, 4) is 11.5 Å². The maximum atomic E-state index is 12.4. The minimum Gasteiger partial charge on any atom is -0.497 e. The summed E-state index contributed by atoms with van der Waals surface area (Å²) in [4.78, 5) is 17.3. The molecule has 200 valence electrons. The second-order valence-electron chi connectivity index (χ2n) is 9.43. The van der Waals surface area contributed by atoms with Crippen LogP contribution >= 0.6 is 11.6 Å². The van der Waals surface area contributed by atoms with Gasteiger partial charge >= 0.3 is 0 Å². The molecule has 0 spiro atoms. The maximum absolute atomic E-state index is 12.4. The molecule has 0 aliphatic rings. The first-order valence-corrected chi connectivity index (χ1v) is 13.7. The number of imidazole rings is 1. The molecule has 38 heavy (non-hydrogen) atoms. The summed E-state index contributed by atoms with van der Waals surface area (Å²) in [5, 5.41) is 3.76. The fourth-order valence-corrected chi connectivity index (χ4v) is 4.61. The lowest BCUT2D eigenvalue weighted by Gasteiger charge is -2.11. The molecule has 0 bridgehead atoms. The van der Waals surface area contributed by atoms with Crippen LogP contribution in [0, 0.1) is 6.92 Å². The fourth-order valence-electron chi connectivity index (χ4n) is 4.49. The Bertz CT molecular complexity index is 1350. The smallest absolute Gasteiger partial charge is 0.251 e. The molecule has 7 heteroatoms. The lowest BCUT2D eigenvalue weighted by Crippen LogP contribution is -2.24. The molecular formula is C31H36ClN3O3. The molecule has 0 saturated carbocycles. The molecule has 6 nitrogen and oxygen atoms in total. The number of nitrogens with one attached hydrogen (secondary N) is 1. The van der Waals surface area contributed by atoms with Crippen LogP contribution in [0.25, 0.3) is 11.0 Å². The predicted octanol–water partition coefficient (Wildman–Crippen LogP) is 7.01. The van der Waals surface area contributed by atoms with E-state index >= 15 is 0 Å². The first-order valence-electron chi connectivity index (χ1n) is 13.3. The second kappa shape index (κ2) is 13.9. The van der Waals surface area contributed by atoms with Crippen LogP contribution in [-0.4, -0.2) is 35.7 Å². The number of carbonyl (C=O) groups is 1. The Labute approximate surface area is 229 Å². The largest absolute Gasteiger partial charge is 0.497 e. The Balaban J connectivity index is 1.22. The SMILES string of the molecule is COc1cccc(C(=O)NCCCCCc2nc3ccccc3n2CCCCOc2ccc(Cl)c(C)c2)c1. The highest BCUT2D eigenvalue weighted by Crippen LogP contribution is 2.22. The van der Waals surface area contributed by atoms with Crippen molar-refractivity contribution < 1.29 is 14.3 Å². The van der Waals surface area contributed by atoms with Gasteiger partial charge in [-0.1, -0.05) is 36.2 Å². The van der Waals surface area contributed by atoms with Gasteiger partial charge in [-0.05, 0) is 86.7 Å². The standard InChI is InChI=1S/C31H36ClN3O3/c1-23-21-26(16-17-27(23)32)38-20-9-8-19-35-29-14-6-5-13-28(29)34-30(35)15-4-3-7-18-33-31(36)24-11-10-12-25(22-24)37-2/h5-6,10-14,16-17,21-22H,3-4,7-9,15,18-20H2,1-2H3,(H,33,36). The number of para-hydroxylation sites is 2. The van der Waals surface area contributed by atoms with Crippen LogP contribution < -0.4 is 14.8 Å². The monoisotopic (exact) mass is 533 g/mol. The summed E-state index contributed by atoms with van der Waals surface area (Å²) >= 11 is 6.11. The van der Waals surface area contributed by atoms with Gasteiger partial charge in [-0.15, -0.1) is 0 Å². The van der Waals surface area contributed by atoms with E-state index in [-0.39, 0.29) is 5.91 Å². The van der Waals surface area contributed by atoms with Crippen molar-refractivity contribution in [3.63, 3.8) is 0 Å². The highest BCUT2D eigenvalue weighted by molar-refractivity contribution is 6.31. The van der Waals surface area contributed by atoms with E-state index in [1.165, 1.54) is 5.52 Å². The molecule has 0 saturated heterocycles. The molecule has 0 fully saturated rings. The number of carbonyl (C=O) groups excluding carboxylic acids is 1. The minimum atomic E-state index is -0.0686. The molecule has 0 radical (unpaired) electrons. The van der Waals surface area contributed by atoms with E-state index in [4.69, 9.17) is 26.1 Å². The molecule has 4 aromatic rings. The molecule has 1 aromatic heterocycles. The number of rotatable bonds is 14. The topological polar surface area (TPSA) is 65.4 Å². The fraction of sp³-hybridized carbons (Fsp3) is 0.355. The van der Waals surface area contributed by atoms with Crippen LogP contribution in [0.1, 0.15) is 53.8 Å². The molecule has 3 aromatic carbocycles. The average molecular weight is 534 g/mol. The van der Waals surface area contributed by atoms with Crippen molar-refractivity contribution >= 4 is 28.5 Å². The average Bonchev–Trinajstić information content (AvgIpc) is 3.29. The number of benzene rings is 3. The van der Waals surface area contributed by atoms with Gasteiger partial charge in [0.15, 0.2) is 0 Å². The first-order chi connectivity index (χ1) is 18.5. The summed E-state index contributed by atoms with van der Waals surface area (Å²) in [6, 6.07) is 21.3. The zero-order chi connectivity index (χ0) is 26.7. The van der Waals surface area contributed by atoms with Gasteiger partial charge in [-0.2, -0.15) is 0 Å². The summed E-state index contributed by atoms with van der Waals surface area (Å²) < 4.78 is 13.5. The number of halogens is 1. The van der Waals surface area contributed by atoms with E-state index in [1.807, 2.05) is 43.3 Å². The number of hydrogen-bond acceptors (Lipinski definition) is 4. The van der Waals surface area contributed by atoms with E-state index in [2.05, 4.69) is 28.1 Å². The Kier molecular flexibility index (Phi) is 10.0. The normalized spacial score (nSPS) is 11.0. The van der Waals surface area contributed by atoms with Crippen molar-refractivity contribution in [3.05, 3.63) is 88.7 Å². The third-order valence-corrected chi connectivity index (χ3v) is 7.03. The number of amides is 1. The van der Waals surface area contributed by atoms with Crippen LogP contribution in [0.5, 0.6) is 11.5 Å². The van der Waals surface area contributed by atoms with Crippen LogP contribution in [0.4, 0.5) is 0 Å². The summed E-state index contributed by atoms with van der Waals surface area (Å²) in [6.45, 7) is 4.22. The molecule has 1 heterocycles. The lowest BCUT2D eigenvalue weighted by atomic mass is 10.1. The van der Waals surface area contributed by atoms with Crippen molar-refractivity contribution in [1.82, 2.24) is 14.9 Å². The van der Waals surface area contributed by atoms with Gasteiger partial charge in [-0.3, -0.25) is 4.79 Å². The summed E-state index contributed by atoms with van der Waals surface area (Å²) in [7, 11) is 1.60. The summed E-state index contributed by atoms with van der Waals surface area (Å²) in [6.07, 6.45) is 5.86. The van der Waals surface area contributed by atoms with Gasteiger partial charge in [-0.25, -0.2) is 4.98 Å². The lowest BCUT2D eigenvalue weighted by molar-refractivity contribution is 0.0952. The number of aromatic nitrogens is 2. The Morgan fingerprint density at radius 1 is 0.947 bits per heavy atom. The highest BCUT2D eigenvalue weighted by atomic mass is 35.5. The summed E-state index contributed by atoms with van der Waals surface area (Å²) in [5.74, 6) is 2.60. The number of nitrogens with zero attached hydrogens (tertiary/aromatic N) is 2. The molecule has 4 rings (SSSR count). The number of unbranched alkanes of at least 4 members (excludes halogenated alkanes) is 3. The Morgan fingerprint density at radius 3 is 2.66 bits per heavy atom. The molecule has 1 amide bonds. The van der Waals surface area contributed by atoms with E-state index in [9.17, 15) is 4.79 Å². The maximum Gasteiger partial charge on any atom is 0.251 e. The van der Waals surface area contributed by atoms with Gasteiger partial charge in [0.25, 0.3) is 5.91 Å². The van der Waals surface area contributed by atoms with Crippen LogP contribution in [-0.2, 0) is 13.0 Å². The molecule has 0 atom stereocenters. The molecule has 0 aliphatic carbocycles. The number of aryl methyl sites for hydroxylation is 3. The number of methoxy groups -OCH3 is 1. The van der Waals surface area contributed by atoms with E-state index in [0.29, 0.717) is 24.5 Å². The van der Waals surface area contributed by atoms with E-state index in [0.717, 1.165) is 72.7 Å². The van der Waals surface area contributed by atoms with Gasteiger partial charge in [0.05, 0.1) is 24.8 Å². The van der Waals surface area contributed by atoms with E-state index < -0.39 is 0 Å². The van der Waals surface area contributed by atoms with Gasteiger partial charge in [0.2, 0.25) is 0 Å². The van der Waals surface area contributed by atoms with Gasteiger partial charge in [0.1, 0.15) is 17.3 Å². The van der Waals surface area contributed by atoms with Crippen LogP contribution in [0.2, 0.25) is 5.02 Å². The molecule has 0 unspecified atom stereocenters. The zero-order valence-electron chi connectivity index (χ0n) is 22.2. The minimum absolute atomic E-state index is 0.0686. The predicted molar refractivity (Wildman–Crippen MR) is 154 cm³/mol. The van der Waals surface area contributed by atoms with Gasteiger partial charge in [0, 0.05) is 30.1 Å². The first kappa shape index (κ1) is 27.5. The Morgan fingerprint density at radius 2 is 1.82 bits per heavy atom. The van der Waals surface area contributed by atoms with Crippen molar-refractivity contribution in [1.29, 1.82) is 0 Å². The summed E-state index contributed by atoms with van der Waals surface area (Å²) in [5.41, 5.74) is 3.87. The van der Waals surface area contributed by atoms with Gasteiger partial charge < -0.3 is 19.4 Å². The Hall–Kier alpha value is -3.51. The third-order valence-electron chi connectivity index (χ3n) is 6.60. The molecule has 0 aliphatic heterocycles. The van der Waals surface area contributed by atoms with E-state index in [1.54, 1.807) is 19.2 Å². The van der Waals surface area contributed by atoms with Crippen LogP contribution in [0.15, 0.2) is 66.7 Å². The zero-order valence-corrected chi connectivity index (χ0v) is 23.0. The number of ether oxygens (including phenoxy) is 2. The number of hydrogen-bond donors (Lipinski definition) is 1. The van der Waals surface area contributed by atoms with Crippen molar-refractivity contribution in [2.75, 3.05) is 20.3 Å². The van der Waals surface area contributed by atoms with Crippen LogP contribution in [0.3, 0.4) is 0 Å². The quantitative estimate of drug-likeness (QED) is 0.177. The number of fused-ring (bicyclic) bond motifs is 1. The second-order valence-corrected chi connectivity index (χ2v) is 9.84.